The van der Waals surface area contributed by atoms with E-state index < -0.39 is 39.0 Å². The lowest BCUT2D eigenvalue weighted by Crippen LogP contribution is -2.71. The van der Waals surface area contributed by atoms with Crippen LogP contribution < -0.4 is 11.1 Å². The van der Waals surface area contributed by atoms with E-state index in [0.29, 0.717) is 4.91 Å². The number of amides is 2. The molecule has 2 amide bonds. The van der Waals surface area contributed by atoms with Crippen LogP contribution in [-0.4, -0.2) is 82.7 Å². The summed E-state index contributed by atoms with van der Waals surface area (Å²) in [6, 6.07) is -0.970. The number of fused-ring (bicyclic) bond motifs is 1. The van der Waals surface area contributed by atoms with Crippen molar-refractivity contribution in [1.82, 2.24) is 15.2 Å². The van der Waals surface area contributed by atoms with Crippen LogP contribution in [0.3, 0.4) is 0 Å². The van der Waals surface area contributed by atoms with Gasteiger partial charge in [0.25, 0.3) is 11.8 Å². The molecule has 0 saturated carbocycles. The number of nitrogens with two attached hydrogens (primary N) is 1. The summed E-state index contributed by atoms with van der Waals surface area (Å²) in [4.78, 5) is 48.1. The maximum Gasteiger partial charge on any atom is 0.353 e. The Morgan fingerprint density at radius 3 is 2.82 bits per heavy atom. The summed E-state index contributed by atoms with van der Waals surface area (Å²) in [5, 5.41) is 18.7. The van der Waals surface area contributed by atoms with Gasteiger partial charge in [0.05, 0.1) is 5.75 Å². The number of hydrogen-bond acceptors (Lipinski definition) is 12. The van der Waals surface area contributed by atoms with Gasteiger partial charge < -0.3 is 21.0 Å². The molecule has 34 heavy (non-hydrogen) atoms. The smallest absolute Gasteiger partial charge is 0.353 e. The highest BCUT2D eigenvalue weighted by Gasteiger charge is 2.54. The minimum atomic E-state index is -3.20. The second-order valence-corrected chi connectivity index (χ2v) is 12.1. The lowest BCUT2D eigenvalue weighted by molar-refractivity contribution is -0.150. The molecule has 12 nitrogen and oxygen atoms in total. The Bertz CT molecular complexity index is 1190. The Kier molecular flexibility index (Phi) is 8.27. The number of oxime groups is 1. The number of sulfone groups is 1. The fraction of sp³-hybridized carbons (Fsp3) is 0.389. The van der Waals surface area contributed by atoms with Gasteiger partial charge in [0, 0.05) is 22.3 Å². The summed E-state index contributed by atoms with van der Waals surface area (Å²) in [7, 11) is -3.20. The van der Waals surface area contributed by atoms with Crippen LogP contribution in [0.15, 0.2) is 32.6 Å². The second kappa shape index (κ2) is 10.8. The maximum absolute atomic E-state index is 12.8. The van der Waals surface area contributed by atoms with Crippen LogP contribution in [0, 0.1) is 0 Å². The van der Waals surface area contributed by atoms with Crippen molar-refractivity contribution in [3.05, 3.63) is 33.2 Å². The van der Waals surface area contributed by atoms with Crippen LogP contribution >= 0.6 is 34.9 Å². The van der Waals surface area contributed by atoms with Crippen LogP contribution in [0.2, 0.25) is 0 Å². The molecule has 2 aliphatic heterocycles. The molecule has 0 bridgehead atoms. The molecular formula is C18H21N5O7S4. The molecule has 0 aromatic carbocycles. The Balaban J connectivity index is 1.75. The quantitative estimate of drug-likeness (QED) is 0.210. The second-order valence-electron chi connectivity index (χ2n) is 6.95. The normalized spacial score (nSPS) is 20.8. The van der Waals surface area contributed by atoms with E-state index >= 15 is 0 Å². The van der Waals surface area contributed by atoms with Crippen LogP contribution in [0.25, 0.3) is 0 Å². The number of hydrogen-bond donors (Lipinski definition) is 3. The molecule has 3 rings (SSSR count). The zero-order valence-electron chi connectivity index (χ0n) is 18.0. The number of thiazole rings is 1. The van der Waals surface area contributed by atoms with Crippen molar-refractivity contribution in [2.24, 2.45) is 5.16 Å². The van der Waals surface area contributed by atoms with Gasteiger partial charge in [0.2, 0.25) is 0 Å². The fourth-order valence-electron chi connectivity index (χ4n) is 2.97. The molecule has 2 aliphatic rings. The molecule has 1 aromatic rings. The predicted molar refractivity (Wildman–Crippen MR) is 131 cm³/mol. The Morgan fingerprint density at radius 2 is 2.24 bits per heavy atom. The minimum absolute atomic E-state index is 0.150. The van der Waals surface area contributed by atoms with Gasteiger partial charge in [-0.2, -0.15) is 0 Å². The number of nitrogens with one attached hydrogen (secondary N) is 1. The summed E-state index contributed by atoms with van der Waals surface area (Å²) in [6.45, 7) is 1.89. The Hall–Kier alpha value is -2.56. The standard InChI is InChI=1S/C18H21N5O7S4/c1-3-30-22-11(9-7-33-18(19)20-9)14(24)21-12-15(25)23-13(17(26)27)10(8-32-16(12)23)31-5-4-6-34(2,28)29/h4-5,7,12,16H,3,6,8H2,1-2H3,(H2,19,20)(H,21,24)(H,26,27)/b5-4-,22-11-/t12?,16-/m1/s1. The van der Waals surface area contributed by atoms with Crippen LogP contribution in [-0.2, 0) is 29.1 Å². The third-order valence-electron chi connectivity index (χ3n) is 4.39. The summed E-state index contributed by atoms with van der Waals surface area (Å²) in [6.07, 6.45) is 2.50. The average Bonchev–Trinajstić information content (AvgIpc) is 3.19. The van der Waals surface area contributed by atoms with E-state index in [1.165, 1.54) is 28.6 Å². The van der Waals surface area contributed by atoms with Crippen LogP contribution in [0.1, 0.15) is 12.6 Å². The van der Waals surface area contributed by atoms with Crippen molar-refractivity contribution < 1.29 is 32.7 Å². The zero-order valence-corrected chi connectivity index (χ0v) is 21.2. The molecule has 16 heteroatoms. The topological polar surface area (TPSA) is 181 Å². The number of aliphatic carboxylic acids is 1. The van der Waals surface area contributed by atoms with Crippen molar-refractivity contribution in [1.29, 1.82) is 0 Å². The van der Waals surface area contributed by atoms with E-state index in [1.54, 1.807) is 6.92 Å². The lowest BCUT2D eigenvalue weighted by atomic mass is 10.0. The van der Waals surface area contributed by atoms with Gasteiger partial charge in [-0.15, -0.1) is 23.1 Å². The number of rotatable bonds is 10. The first kappa shape index (κ1) is 26.1. The number of carboxylic acids is 1. The number of aromatic nitrogens is 1. The van der Waals surface area contributed by atoms with Crippen molar-refractivity contribution in [2.45, 2.75) is 18.3 Å². The number of nitrogens with zero attached hydrogens (tertiary/aromatic N) is 3. The molecule has 184 valence electrons. The highest BCUT2D eigenvalue weighted by atomic mass is 32.2. The van der Waals surface area contributed by atoms with Gasteiger partial charge in [-0.1, -0.05) is 23.0 Å². The van der Waals surface area contributed by atoms with Gasteiger partial charge in [0.1, 0.15) is 29.4 Å². The first-order valence-electron chi connectivity index (χ1n) is 9.66. The molecule has 0 spiro atoms. The fourth-order valence-corrected chi connectivity index (χ4v) is 6.41. The van der Waals surface area contributed by atoms with E-state index in [2.05, 4.69) is 15.5 Å². The van der Waals surface area contributed by atoms with Crippen LogP contribution in [0.5, 0.6) is 0 Å². The number of nitrogen functional groups attached to an aromatic ring is 1. The number of carbonyl (C=O) groups is 3. The van der Waals surface area contributed by atoms with Crippen LogP contribution in [0.4, 0.5) is 5.13 Å². The number of carboxylic acid groups (broad SMARTS) is 1. The molecule has 0 aliphatic carbocycles. The van der Waals surface area contributed by atoms with Gasteiger partial charge in [-0.05, 0) is 12.3 Å². The van der Waals surface area contributed by atoms with Gasteiger partial charge in [-0.3, -0.25) is 14.5 Å². The SMILES string of the molecule is CCO/N=C(\C(=O)NC1C(=O)N2C(C(=O)O)=C(S/C=C\CS(C)(=O)=O)CS[C@H]12)c1csc(N)n1. The first-order valence-corrected chi connectivity index (χ1v) is 14.5. The molecule has 0 radical (unpaired) electrons. The number of anilines is 1. The Labute approximate surface area is 207 Å². The average molecular weight is 548 g/mol. The van der Waals surface area contributed by atoms with E-state index in [1.807, 2.05) is 0 Å². The monoisotopic (exact) mass is 547 g/mol. The predicted octanol–water partition coefficient (Wildman–Crippen LogP) is 0.454. The largest absolute Gasteiger partial charge is 0.477 e. The van der Waals surface area contributed by atoms with Crippen molar-refractivity contribution in [2.75, 3.05) is 30.1 Å². The zero-order chi connectivity index (χ0) is 25.0. The molecule has 2 atom stereocenters. The first-order chi connectivity index (χ1) is 16.0. The molecular weight excluding hydrogens is 526 g/mol. The number of β-lactam (4-membered cyclic amide) rings is 1. The van der Waals surface area contributed by atoms with Crippen molar-refractivity contribution in [3.8, 4) is 0 Å². The highest BCUT2D eigenvalue weighted by Crippen LogP contribution is 2.43. The summed E-state index contributed by atoms with van der Waals surface area (Å²) in [5.74, 6) is -2.51. The third kappa shape index (κ3) is 5.92. The number of thioether (sulfide) groups is 2. The lowest BCUT2D eigenvalue weighted by Gasteiger charge is -2.49. The molecule has 1 aromatic heterocycles. The van der Waals surface area contributed by atoms with Gasteiger partial charge >= 0.3 is 5.97 Å². The minimum Gasteiger partial charge on any atom is -0.477 e. The summed E-state index contributed by atoms with van der Waals surface area (Å²) < 4.78 is 22.5. The van der Waals surface area contributed by atoms with Crippen molar-refractivity contribution in [3.63, 3.8) is 0 Å². The molecule has 1 unspecified atom stereocenters. The molecule has 4 N–H and O–H groups in total. The molecule has 1 saturated heterocycles. The van der Waals surface area contributed by atoms with E-state index in [9.17, 15) is 27.9 Å². The summed E-state index contributed by atoms with van der Waals surface area (Å²) in [5.41, 5.74) is 5.49. The maximum atomic E-state index is 12.8. The van der Waals surface area contributed by atoms with Crippen molar-refractivity contribution >= 4 is 73.3 Å². The molecule has 3 heterocycles. The van der Waals surface area contributed by atoms with Gasteiger partial charge in [-0.25, -0.2) is 18.2 Å². The van der Waals surface area contributed by atoms with E-state index in [-0.39, 0.29) is 40.3 Å². The van der Waals surface area contributed by atoms with E-state index in [4.69, 9.17) is 10.6 Å². The Morgan fingerprint density at radius 1 is 1.50 bits per heavy atom. The van der Waals surface area contributed by atoms with E-state index in [0.717, 1.165) is 34.3 Å². The molecule has 1 fully saturated rings. The summed E-state index contributed by atoms with van der Waals surface area (Å²) >= 11 is 3.44. The number of carbonyl (C=O) groups excluding carboxylic acids is 2. The third-order valence-corrected chi connectivity index (χ3v) is 8.28. The highest BCUT2D eigenvalue weighted by molar-refractivity contribution is 8.08. The van der Waals surface area contributed by atoms with Gasteiger partial charge in [0.15, 0.2) is 20.7 Å².